The van der Waals surface area contributed by atoms with Crippen LogP contribution in [0.25, 0.3) is 11.3 Å². The lowest BCUT2D eigenvalue weighted by molar-refractivity contribution is -0.145. The van der Waals surface area contributed by atoms with Crippen molar-refractivity contribution in [2.24, 2.45) is 5.41 Å². The molecule has 1 atom stereocenters. The molecule has 1 saturated heterocycles. The van der Waals surface area contributed by atoms with Gasteiger partial charge in [-0.05, 0) is 31.2 Å². The first-order valence-corrected chi connectivity index (χ1v) is 8.49. The molecule has 1 N–H and O–H groups in total. The molecule has 1 unspecified atom stereocenters. The molecule has 1 aromatic heterocycles. The van der Waals surface area contributed by atoms with E-state index in [1.54, 1.807) is 0 Å². The molecule has 3 rings (SSSR count). The number of rotatable bonds is 5. The van der Waals surface area contributed by atoms with Crippen LogP contribution in [-0.2, 0) is 14.3 Å². The van der Waals surface area contributed by atoms with E-state index < -0.39 is 29.0 Å². The molecule has 1 fully saturated rings. The maximum Gasteiger partial charge on any atom is 0.339 e. The number of carbonyl (C=O) groups excluding carboxylic acids is 2. The topological polar surface area (TPSA) is 110 Å². The highest BCUT2D eigenvalue weighted by Crippen LogP contribution is 2.31. The fraction of sp³-hybridized carbons (Fsp3) is 0.278. The number of ether oxygens (including phenoxy) is 1. The molecule has 0 amide bonds. The highest BCUT2D eigenvalue weighted by molar-refractivity contribution is 6.30. The summed E-state index contributed by atoms with van der Waals surface area (Å²) in [5, 5.41) is 17.6. The minimum atomic E-state index is -1.44. The third-order valence-corrected chi connectivity index (χ3v) is 4.76. The summed E-state index contributed by atoms with van der Waals surface area (Å²) in [6, 6.07) is 4.96. The maximum atomic E-state index is 14.1. The van der Waals surface area contributed by atoms with Crippen molar-refractivity contribution in [3.63, 3.8) is 0 Å². The summed E-state index contributed by atoms with van der Waals surface area (Å²) in [7, 11) is 1.47. The number of anilines is 1. The number of ketones is 1. The third kappa shape index (κ3) is 3.40. The lowest BCUT2D eigenvalue weighted by atomic mass is 9.87. The van der Waals surface area contributed by atoms with Gasteiger partial charge in [0.25, 0.3) is 0 Å². The minimum Gasteiger partial charge on any atom is -0.478 e. The largest absolute Gasteiger partial charge is 0.478 e. The first kappa shape index (κ1) is 19.7. The van der Waals surface area contributed by atoms with Gasteiger partial charge < -0.3 is 14.7 Å². The Kier molecular flexibility index (Phi) is 5.03. The fourth-order valence-corrected chi connectivity index (χ4v) is 3.09. The first-order chi connectivity index (χ1) is 13.1. The molecule has 0 radical (unpaired) electrons. The SMILES string of the molecule is CN(CC1(C)C(=O)COC1=O)c1nnc(-c2cc(Cl)ccc2F)cc1C(=O)O. The number of halogens is 2. The van der Waals surface area contributed by atoms with E-state index in [1.807, 2.05) is 0 Å². The minimum absolute atomic E-state index is 0.00165. The molecule has 1 aromatic carbocycles. The van der Waals surface area contributed by atoms with Gasteiger partial charge in [-0.1, -0.05) is 11.6 Å². The van der Waals surface area contributed by atoms with Crippen molar-refractivity contribution in [2.45, 2.75) is 6.92 Å². The van der Waals surface area contributed by atoms with Crippen molar-refractivity contribution in [2.75, 3.05) is 25.1 Å². The number of carboxylic acid groups (broad SMARTS) is 1. The number of carboxylic acids is 1. The van der Waals surface area contributed by atoms with Crippen molar-refractivity contribution < 1.29 is 28.6 Å². The quantitative estimate of drug-likeness (QED) is 0.593. The number of esters is 1. The van der Waals surface area contributed by atoms with Crippen molar-refractivity contribution in [3.8, 4) is 11.3 Å². The molecule has 2 heterocycles. The molecule has 146 valence electrons. The molecule has 0 spiro atoms. The standard InChI is InChI=1S/C18H15ClFN3O5/c1-18(14(24)7-28-17(18)27)8-23(2)15-11(16(25)26)6-13(21-22-15)10-5-9(19)3-4-12(10)20/h3-6H,7-8H2,1-2H3,(H,25,26). The second kappa shape index (κ2) is 7.16. The lowest BCUT2D eigenvalue weighted by Gasteiger charge is -2.26. The Morgan fingerprint density at radius 1 is 1.36 bits per heavy atom. The average molecular weight is 408 g/mol. The highest BCUT2D eigenvalue weighted by Gasteiger charge is 2.49. The molecular weight excluding hydrogens is 393 g/mol. The molecule has 8 nitrogen and oxygen atoms in total. The average Bonchev–Trinajstić information content (AvgIpc) is 2.90. The molecule has 1 aliphatic heterocycles. The van der Waals surface area contributed by atoms with Crippen molar-refractivity contribution >= 4 is 35.1 Å². The van der Waals surface area contributed by atoms with Gasteiger partial charge in [0.1, 0.15) is 16.8 Å². The predicted molar refractivity (Wildman–Crippen MR) is 96.7 cm³/mol. The zero-order valence-corrected chi connectivity index (χ0v) is 15.7. The number of cyclic esters (lactones) is 1. The van der Waals surface area contributed by atoms with Gasteiger partial charge >= 0.3 is 11.9 Å². The van der Waals surface area contributed by atoms with Crippen LogP contribution >= 0.6 is 11.6 Å². The van der Waals surface area contributed by atoms with E-state index in [4.69, 9.17) is 16.3 Å². The third-order valence-electron chi connectivity index (χ3n) is 4.52. The Morgan fingerprint density at radius 3 is 2.68 bits per heavy atom. The summed E-state index contributed by atoms with van der Waals surface area (Å²) in [6.45, 7) is 0.947. The monoisotopic (exact) mass is 407 g/mol. The van der Waals surface area contributed by atoms with Gasteiger partial charge in [-0.2, -0.15) is 0 Å². The summed E-state index contributed by atoms with van der Waals surface area (Å²) < 4.78 is 18.9. The smallest absolute Gasteiger partial charge is 0.339 e. The fourth-order valence-electron chi connectivity index (χ4n) is 2.92. The van der Waals surface area contributed by atoms with E-state index in [9.17, 15) is 23.9 Å². The number of aromatic nitrogens is 2. The number of carbonyl (C=O) groups is 3. The van der Waals surface area contributed by atoms with Crippen molar-refractivity contribution in [1.82, 2.24) is 10.2 Å². The first-order valence-electron chi connectivity index (χ1n) is 8.11. The number of hydrogen-bond donors (Lipinski definition) is 1. The van der Waals surface area contributed by atoms with Crippen LogP contribution in [0.5, 0.6) is 0 Å². The zero-order valence-electron chi connectivity index (χ0n) is 14.9. The van der Waals surface area contributed by atoms with Crippen LogP contribution in [0.4, 0.5) is 10.2 Å². The molecular formula is C18H15ClFN3O5. The summed E-state index contributed by atoms with van der Waals surface area (Å²) in [5.74, 6) is -3.14. The molecule has 0 bridgehead atoms. The number of benzene rings is 1. The summed E-state index contributed by atoms with van der Waals surface area (Å²) >= 11 is 5.87. The molecule has 0 saturated carbocycles. The molecule has 28 heavy (non-hydrogen) atoms. The van der Waals surface area contributed by atoms with Crippen molar-refractivity contribution in [3.05, 3.63) is 40.7 Å². The molecule has 10 heteroatoms. The summed E-state index contributed by atoms with van der Waals surface area (Å²) in [4.78, 5) is 37.0. The Morgan fingerprint density at radius 2 is 2.07 bits per heavy atom. The molecule has 1 aliphatic rings. The van der Waals surface area contributed by atoms with Crippen LogP contribution in [0.3, 0.4) is 0 Å². The van der Waals surface area contributed by atoms with E-state index in [0.717, 1.165) is 12.1 Å². The second-order valence-electron chi connectivity index (χ2n) is 6.58. The normalized spacial score (nSPS) is 18.9. The Bertz CT molecular complexity index is 981. The van der Waals surface area contributed by atoms with Gasteiger partial charge in [-0.15, -0.1) is 10.2 Å². The van der Waals surface area contributed by atoms with Crippen LogP contribution in [0, 0.1) is 11.2 Å². The number of nitrogens with zero attached hydrogens (tertiary/aromatic N) is 3. The number of hydrogen-bond acceptors (Lipinski definition) is 7. The Labute approximate surface area is 163 Å². The van der Waals surface area contributed by atoms with Gasteiger partial charge in [0.15, 0.2) is 18.2 Å². The van der Waals surface area contributed by atoms with Gasteiger partial charge in [-0.3, -0.25) is 9.59 Å². The maximum absolute atomic E-state index is 14.1. The van der Waals surface area contributed by atoms with Crippen LogP contribution in [0.15, 0.2) is 24.3 Å². The van der Waals surface area contributed by atoms with Crippen LogP contribution in [0.2, 0.25) is 5.02 Å². The Balaban J connectivity index is 2.00. The van der Waals surface area contributed by atoms with E-state index in [-0.39, 0.29) is 40.8 Å². The predicted octanol–water partition coefficient (Wildman–Crippen LogP) is 2.20. The second-order valence-corrected chi connectivity index (χ2v) is 7.02. The van der Waals surface area contributed by atoms with Crippen LogP contribution in [-0.4, -0.2) is 53.2 Å². The molecule has 0 aliphatic carbocycles. The van der Waals surface area contributed by atoms with E-state index in [2.05, 4.69) is 10.2 Å². The van der Waals surface area contributed by atoms with Gasteiger partial charge in [0.2, 0.25) is 0 Å². The van der Waals surface area contributed by atoms with Crippen LogP contribution in [0.1, 0.15) is 17.3 Å². The van der Waals surface area contributed by atoms with E-state index >= 15 is 0 Å². The number of aromatic carboxylic acids is 1. The summed E-state index contributed by atoms with van der Waals surface area (Å²) in [5.41, 5.74) is -1.73. The van der Waals surface area contributed by atoms with Crippen molar-refractivity contribution in [1.29, 1.82) is 0 Å². The van der Waals surface area contributed by atoms with Crippen LogP contribution < -0.4 is 4.90 Å². The highest BCUT2D eigenvalue weighted by atomic mass is 35.5. The summed E-state index contributed by atoms with van der Waals surface area (Å²) in [6.07, 6.45) is 0. The van der Waals surface area contributed by atoms with E-state index in [0.29, 0.717) is 0 Å². The zero-order chi connectivity index (χ0) is 20.6. The molecule has 2 aromatic rings. The van der Waals surface area contributed by atoms with Gasteiger partial charge in [0, 0.05) is 24.2 Å². The van der Waals surface area contributed by atoms with Gasteiger partial charge in [0.05, 0.1) is 5.69 Å². The number of Topliss-reactive ketones (excluding diaryl/α,β-unsaturated/α-hetero) is 1. The van der Waals surface area contributed by atoms with Gasteiger partial charge in [-0.25, -0.2) is 9.18 Å². The lowest BCUT2D eigenvalue weighted by Crippen LogP contribution is -2.42. The Hall–Kier alpha value is -3.07. The van der Waals surface area contributed by atoms with E-state index in [1.165, 1.54) is 31.0 Å².